The molecule has 0 amide bonds. The first-order valence-corrected chi connectivity index (χ1v) is 10.8. The standard InChI is InChI=1S/C23H24FNO4S/c1-16-5-9-19(10-6-16)25(30(26,27)21-12-7-18(24)8-13-21)17(2)22-15-20(28-3)11-14-23(22)29-4/h5-15,17H,1-4H3. The monoisotopic (exact) mass is 429 g/mol. The maximum Gasteiger partial charge on any atom is 0.264 e. The zero-order chi connectivity index (χ0) is 21.9. The smallest absolute Gasteiger partial charge is 0.264 e. The number of ether oxygens (including phenoxy) is 2. The summed E-state index contributed by atoms with van der Waals surface area (Å²) in [6.45, 7) is 3.70. The Morgan fingerprint density at radius 2 is 1.53 bits per heavy atom. The number of sulfonamides is 1. The first-order valence-electron chi connectivity index (χ1n) is 9.36. The quantitative estimate of drug-likeness (QED) is 0.524. The molecule has 0 spiro atoms. The molecule has 0 aliphatic carbocycles. The minimum Gasteiger partial charge on any atom is -0.497 e. The Hall–Kier alpha value is -3.06. The van der Waals surface area contributed by atoms with Crippen molar-refractivity contribution in [3.05, 3.63) is 83.7 Å². The lowest BCUT2D eigenvalue weighted by molar-refractivity contribution is 0.396. The summed E-state index contributed by atoms with van der Waals surface area (Å²) in [4.78, 5) is -0.00168. The van der Waals surface area contributed by atoms with E-state index in [1.807, 2.05) is 19.1 Å². The fraction of sp³-hybridized carbons (Fsp3) is 0.217. The summed E-state index contributed by atoms with van der Waals surface area (Å²) < 4.78 is 52.8. The summed E-state index contributed by atoms with van der Waals surface area (Å²) >= 11 is 0. The van der Waals surface area contributed by atoms with Crippen molar-refractivity contribution < 1.29 is 22.3 Å². The van der Waals surface area contributed by atoms with Crippen LogP contribution in [0.2, 0.25) is 0 Å². The van der Waals surface area contributed by atoms with E-state index < -0.39 is 21.9 Å². The molecule has 3 aromatic carbocycles. The molecule has 3 rings (SSSR count). The largest absolute Gasteiger partial charge is 0.497 e. The summed E-state index contributed by atoms with van der Waals surface area (Å²) in [5.74, 6) is 0.619. The molecule has 5 nitrogen and oxygen atoms in total. The summed E-state index contributed by atoms with van der Waals surface area (Å²) in [5, 5.41) is 0. The number of anilines is 1. The molecule has 0 N–H and O–H groups in total. The molecule has 0 saturated carbocycles. The van der Waals surface area contributed by atoms with Gasteiger partial charge in [0.25, 0.3) is 10.0 Å². The fourth-order valence-electron chi connectivity index (χ4n) is 3.27. The molecule has 1 atom stereocenters. The third kappa shape index (κ3) is 4.26. The highest BCUT2D eigenvalue weighted by Crippen LogP contribution is 2.38. The summed E-state index contributed by atoms with van der Waals surface area (Å²) in [6, 6.07) is 16.6. The van der Waals surface area contributed by atoms with Crippen LogP contribution >= 0.6 is 0 Å². The molecular weight excluding hydrogens is 405 g/mol. The topological polar surface area (TPSA) is 55.8 Å². The van der Waals surface area contributed by atoms with Crippen LogP contribution in [0.5, 0.6) is 11.5 Å². The molecule has 0 fully saturated rings. The third-order valence-electron chi connectivity index (χ3n) is 4.90. The average Bonchev–Trinajstić information content (AvgIpc) is 2.74. The van der Waals surface area contributed by atoms with Gasteiger partial charge in [0.1, 0.15) is 17.3 Å². The van der Waals surface area contributed by atoms with Crippen LogP contribution in [0.15, 0.2) is 71.6 Å². The molecule has 0 saturated heterocycles. The lowest BCUT2D eigenvalue weighted by atomic mass is 10.1. The minimum absolute atomic E-state index is 0.00168. The van der Waals surface area contributed by atoms with Crippen LogP contribution in [-0.4, -0.2) is 22.6 Å². The number of benzene rings is 3. The number of rotatable bonds is 7. The highest BCUT2D eigenvalue weighted by Gasteiger charge is 2.32. The lowest BCUT2D eigenvalue weighted by Crippen LogP contribution is -2.34. The zero-order valence-corrected chi connectivity index (χ0v) is 18.1. The van der Waals surface area contributed by atoms with Crippen LogP contribution in [0.4, 0.5) is 10.1 Å². The summed E-state index contributed by atoms with van der Waals surface area (Å²) in [6.07, 6.45) is 0. The van der Waals surface area contributed by atoms with Crippen molar-refractivity contribution in [3.8, 4) is 11.5 Å². The zero-order valence-electron chi connectivity index (χ0n) is 17.3. The van der Waals surface area contributed by atoms with E-state index in [-0.39, 0.29) is 4.90 Å². The van der Waals surface area contributed by atoms with E-state index in [0.717, 1.165) is 17.7 Å². The van der Waals surface area contributed by atoms with Gasteiger partial charge in [0.05, 0.1) is 30.8 Å². The van der Waals surface area contributed by atoms with Crippen molar-refractivity contribution in [3.63, 3.8) is 0 Å². The Kier molecular flexibility index (Phi) is 6.31. The van der Waals surface area contributed by atoms with E-state index in [2.05, 4.69) is 0 Å². The van der Waals surface area contributed by atoms with Gasteiger partial charge in [-0.1, -0.05) is 17.7 Å². The van der Waals surface area contributed by atoms with E-state index in [9.17, 15) is 12.8 Å². The van der Waals surface area contributed by atoms with E-state index in [4.69, 9.17) is 9.47 Å². The number of hydrogen-bond acceptors (Lipinski definition) is 4. The Labute approximate surface area is 176 Å². The molecule has 0 aromatic heterocycles. The Bertz CT molecular complexity index is 1110. The molecule has 0 aliphatic rings. The van der Waals surface area contributed by atoms with Crippen molar-refractivity contribution in [2.45, 2.75) is 24.8 Å². The van der Waals surface area contributed by atoms with Crippen LogP contribution in [0, 0.1) is 12.7 Å². The van der Waals surface area contributed by atoms with E-state index in [0.29, 0.717) is 22.7 Å². The maximum absolute atomic E-state index is 13.6. The van der Waals surface area contributed by atoms with Crippen molar-refractivity contribution in [2.75, 3.05) is 18.5 Å². The normalized spacial score (nSPS) is 12.3. The molecule has 0 radical (unpaired) electrons. The first kappa shape index (κ1) is 21.6. The number of halogens is 1. The van der Waals surface area contributed by atoms with Gasteiger partial charge in [0.2, 0.25) is 0 Å². The van der Waals surface area contributed by atoms with Gasteiger partial charge in [0.15, 0.2) is 0 Å². The second-order valence-electron chi connectivity index (χ2n) is 6.87. The van der Waals surface area contributed by atoms with E-state index >= 15 is 0 Å². The van der Waals surface area contributed by atoms with Crippen LogP contribution in [0.1, 0.15) is 24.1 Å². The molecule has 0 aliphatic heterocycles. The average molecular weight is 430 g/mol. The molecule has 7 heteroatoms. The Balaban J connectivity index is 2.20. The first-order chi connectivity index (χ1) is 14.3. The van der Waals surface area contributed by atoms with Gasteiger partial charge in [-0.2, -0.15) is 0 Å². The second-order valence-corrected chi connectivity index (χ2v) is 8.69. The molecule has 30 heavy (non-hydrogen) atoms. The van der Waals surface area contributed by atoms with Crippen LogP contribution in [-0.2, 0) is 10.0 Å². The van der Waals surface area contributed by atoms with E-state index in [1.54, 1.807) is 44.4 Å². The molecule has 0 bridgehead atoms. The molecule has 3 aromatic rings. The number of nitrogens with zero attached hydrogens (tertiary/aromatic N) is 1. The molecular formula is C23H24FNO4S. The predicted molar refractivity (Wildman–Crippen MR) is 115 cm³/mol. The summed E-state index contributed by atoms with van der Waals surface area (Å²) in [7, 11) is -0.930. The Morgan fingerprint density at radius 3 is 2.10 bits per heavy atom. The van der Waals surface area contributed by atoms with Gasteiger partial charge >= 0.3 is 0 Å². The molecule has 0 heterocycles. The van der Waals surface area contributed by atoms with Crippen LogP contribution < -0.4 is 13.8 Å². The number of hydrogen-bond donors (Lipinski definition) is 0. The SMILES string of the molecule is COc1ccc(OC)c(C(C)N(c2ccc(C)cc2)S(=O)(=O)c2ccc(F)cc2)c1. The maximum atomic E-state index is 13.6. The lowest BCUT2D eigenvalue weighted by Gasteiger charge is -2.32. The van der Waals surface area contributed by atoms with Crippen LogP contribution in [0.25, 0.3) is 0 Å². The van der Waals surface area contributed by atoms with Crippen molar-refractivity contribution in [1.82, 2.24) is 0 Å². The summed E-state index contributed by atoms with van der Waals surface area (Å²) in [5.41, 5.74) is 2.13. The van der Waals surface area contributed by atoms with Crippen molar-refractivity contribution in [2.24, 2.45) is 0 Å². The minimum atomic E-state index is -4.01. The van der Waals surface area contributed by atoms with Crippen molar-refractivity contribution >= 4 is 15.7 Å². The van der Waals surface area contributed by atoms with Gasteiger partial charge in [-0.05, 0) is 68.4 Å². The van der Waals surface area contributed by atoms with Gasteiger partial charge < -0.3 is 9.47 Å². The fourth-order valence-corrected chi connectivity index (χ4v) is 4.91. The second kappa shape index (κ2) is 8.75. The Morgan fingerprint density at radius 1 is 0.900 bits per heavy atom. The van der Waals surface area contributed by atoms with Gasteiger partial charge in [-0.25, -0.2) is 12.8 Å². The van der Waals surface area contributed by atoms with Gasteiger partial charge in [0, 0.05) is 5.56 Å². The third-order valence-corrected chi connectivity index (χ3v) is 6.81. The highest BCUT2D eigenvalue weighted by molar-refractivity contribution is 7.92. The van der Waals surface area contributed by atoms with E-state index in [1.165, 1.54) is 23.5 Å². The molecule has 158 valence electrons. The number of aryl methyl sites for hydroxylation is 1. The van der Waals surface area contributed by atoms with Gasteiger partial charge in [-0.3, -0.25) is 4.31 Å². The van der Waals surface area contributed by atoms with Crippen LogP contribution in [0.3, 0.4) is 0 Å². The number of methoxy groups -OCH3 is 2. The molecule has 1 unspecified atom stereocenters. The van der Waals surface area contributed by atoms with Gasteiger partial charge in [-0.15, -0.1) is 0 Å². The van der Waals surface area contributed by atoms with Crippen molar-refractivity contribution in [1.29, 1.82) is 0 Å². The predicted octanol–water partition coefficient (Wildman–Crippen LogP) is 5.11. The highest BCUT2D eigenvalue weighted by atomic mass is 32.2.